The summed E-state index contributed by atoms with van der Waals surface area (Å²) in [5, 5.41) is 10.8. The first-order valence-electron chi connectivity index (χ1n) is 12.1. The third-order valence-electron chi connectivity index (χ3n) is 8.64. The lowest BCUT2D eigenvalue weighted by atomic mass is 9.68. The van der Waals surface area contributed by atoms with E-state index in [2.05, 4.69) is 50.0 Å². The van der Waals surface area contributed by atoms with Crippen molar-refractivity contribution < 1.29 is 19.5 Å². The van der Waals surface area contributed by atoms with Crippen LogP contribution in [0.5, 0.6) is 0 Å². The number of hydrogen-bond acceptors (Lipinski definition) is 6. The van der Waals surface area contributed by atoms with Crippen LogP contribution in [0.15, 0.2) is 29.3 Å². The number of carboxylic acids is 1. The molecule has 4 aliphatic rings. The molecule has 2 aliphatic heterocycles. The number of rotatable bonds is 3. The molecule has 2 saturated carbocycles. The quantitative estimate of drug-likeness (QED) is 0.428. The molecule has 1 aromatic carbocycles. The first-order valence-corrected chi connectivity index (χ1v) is 14.2. The second kappa shape index (κ2) is 7.76. The van der Waals surface area contributed by atoms with Gasteiger partial charge < -0.3 is 10.1 Å². The van der Waals surface area contributed by atoms with Crippen molar-refractivity contribution in [3.05, 3.63) is 44.2 Å². The molecule has 3 fully saturated rings. The van der Waals surface area contributed by atoms with Crippen LogP contribution in [0.2, 0.25) is 0 Å². The molecule has 184 valence electrons. The number of nitrogens with one attached hydrogen (secondary N) is 1. The van der Waals surface area contributed by atoms with Crippen molar-refractivity contribution in [2.75, 3.05) is 0 Å². The fourth-order valence-corrected chi connectivity index (χ4v) is 10.4. The highest BCUT2D eigenvalue weighted by Crippen LogP contribution is 2.68. The molecule has 0 spiro atoms. The van der Waals surface area contributed by atoms with Crippen LogP contribution >= 0.6 is 35.3 Å². The molecular weight excluding hydrogens is 500 g/mol. The van der Waals surface area contributed by atoms with Gasteiger partial charge in [0.15, 0.2) is 3.95 Å². The first-order chi connectivity index (χ1) is 16.5. The molecule has 9 heteroatoms. The zero-order valence-corrected chi connectivity index (χ0v) is 22.4. The molecule has 3 heterocycles. The third-order valence-corrected chi connectivity index (χ3v) is 11.6. The van der Waals surface area contributed by atoms with Gasteiger partial charge in [-0.05, 0) is 59.9 Å². The molecule has 1 saturated heterocycles. The lowest BCUT2D eigenvalue weighted by Gasteiger charge is -2.43. The zero-order chi connectivity index (χ0) is 25.0. The molecule has 35 heavy (non-hydrogen) atoms. The van der Waals surface area contributed by atoms with Crippen molar-refractivity contribution in [2.24, 2.45) is 29.6 Å². The number of aromatic nitrogens is 1. The van der Waals surface area contributed by atoms with E-state index in [1.165, 1.54) is 22.9 Å². The Kier molecular flexibility index (Phi) is 5.20. The van der Waals surface area contributed by atoms with Gasteiger partial charge in [0.1, 0.15) is 6.04 Å². The van der Waals surface area contributed by atoms with Crippen LogP contribution in [0, 0.1) is 33.5 Å². The highest BCUT2D eigenvalue weighted by Gasteiger charge is 2.70. The van der Waals surface area contributed by atoms with E-state index in [9.17, 15) is 19.5 Å². The molecule has 1 aromatic heterocycles. The summed E-state index contributed by atoms with van der Waals surface area (Å²) in [7, 11) is 0. The Morgan fingerprint density at radius 3 is 2.37 bits per heavy atom. The van der Waals surface area contributed by atoms with Gasteiger partial charge in [0.25, 0.3) is 0 Å². The average molecular weight is 529 g/mol. The predicted molar refractivity (Wildman–Crippen MR) is 137 cm³/mol. The van der Waals surface area contributed by atoms with Gasteiger partial charge in [0, 0.05) is 16.0 Å². The second-order valence-corrected chi connectivity index (χ2v) is 14.3. The van der Waals surface area contributed by atoms with Gasteiger partial charge in [-0.2, -0.15) is 0 Å². The summed E-state index contributed by atoms with van der Waals surface area (Å²) in [5.41, 5.74) is 2.55. The van der Waals surface area contributed by atoms with Crippen molar-refractivity contribution in [2.45, 2.75) is 61.8 Å². The number of imide groups is 1. The molecule has 2 aliphatic carbocycles. The van der Waals surface area contributed by atoms with Crippen molar-refractivity contribution in [3.63, 3.8) is 0 Å². The number of thioether (sulfide) groups is 1. The molecular formula is C26H28N2O4S3. The molecule has 6 nitrogen and oxygen atoms in total. The second-order valence-electron chi connectivity index (χ2n) is 11.4. The average Bonchev–Trinajstić information content (AvgIpc) is 3.51. The van der Waals surface area contributed by atoms with Crippen LogP contribution in [-0.2, 0) is 19.8 Å². The minimum atomic E-state index is -1.14. The number of fused-ring (bicyclic) bond motifs is 9. The number of H-pyrrole nitrogens is 1. The highest BCUT2D eigenvalue weighted by molar-refractivity contribution is 8.00. The normalized spacial score (nSPS) is 34.1. The monoisotopic (exact) mass is 528 g/mol. The lowest BCUT2D eigenvalue weighted by Crippen LogP contribution is -2.44. The number of likely N-dealkylation sites (tertiary alicyclic amines) is 1. The van der Waals surface area contributed by atoms with Crippen molar-refractivity contribution in [1.29, 1.82) is 0 Å². The first kappa shape index (κ1) is 23.4. The smallest absolute Gasteiger partial charge is 0.326 e. The Bertz CT molecular complexity index is 1310. The van der Waals surface area contributed by atoms with E-state index in [4.69, 9.17) is 12.2 Å². The highest BCUT2D eigenvalue weighted by atomic mass is 32.2. The van der Waals surface area contributed by atoms with Gasteiger partial charge in [0.05, 0.1) is 16.9 Å². The number of nitrogens with zero attached hydrogens (tertiary/aromatic N) is 1. The summed E-state index contributed by atoms with van der Waals surface area (Å²) in [5.74, 6) is -2.12. The van der Waals surface area contributed by atoms with Gasteiger partial charge in [0.2, 0.25) is 11.8 Å². The summed E-state index contributed by atoms with van der Waals surface area (Å²) in [6.07, 6.45) is 0.844. The number of carbonyl (C=O) groups is 3. The Morgan fingerprint density at radius 1 is 1.14 bits per heavy atom. The Hall–Kier alpha value is -1.97. The summed E-state index contributed by atoms with van der Waals surface area (Å²) < 4.78 is 0.750. The Morgan fingerprint density at radius 2 is 1.77 bits per heavy atom. The largest absolute Gasteiger partial charge is 0.480 e. The lowest BCUT2D eigenvalue weighted by molar-refractivity contribution is -0.154. The molecule has 6 rings (SSSR count). The third kappa shape index (κ3) is 3.27. The van der Waals surface area contributed by atoms with Gasteiger partial charge >= 0.3 is 5.97 Å². The van der Waals surface area contributed by atoms with Gasteiger partial charge in [-0.25, -0.2) is 4.79 Å². The number of carboxylic acid groups (broad SMARTS) is 1. The van der Waals surface area contributed by atoms with Crippen molar-refractivity contribution in [3.8, 4) is 0 Å². The van der Waals surface area contributed by atoms with Crippen LogP contribution in [0.25, 0.3) is 0 Å². The number of benzene rings is 1. The molecule has 8 unspecified atom stereocenters. The fourth-order valence-electron chi connectivity index (χ4n) is 7.10. The molecule has 2 amide bonds. The maximum absolute atomic E-state index is 13.5. The zero-order valence-electron chi connectivity index (χ0n) is 20.0. The summed E-state index contributed by atoms with van der Waals surface area (Å²) in [6.45, 7) is 8.04. The number of aromatic amines is 1. The minimum absolute atomic E-state index is 0.0553. The van der Waals surface area contributed by atoms with E-state index in [0.717, 1.165) is 20.3 Å². The molecule has 0 radical (unpaired) electrons. The fraction of sp³-hybridized carbons (Fsp3) is 0.538. The number of carbonyl (C=O) groups excluding carboxylic acids is 2. The van der Waals surface area contributed by atoms with E-state index >= 15 is 0 Å². The van der Waals surface area contributed by atoms with Crippen LogP contribution < -0.4 is 0 Å². The summed E-state index contributed by atoms with van der Waals surface area (Å²) in [6, 6.07) is 7.71. The van der Waals surface area contributed by atoms with Gasteiger partial charge in [-0.15, -0.1) is 23.1 Å². The maximum atomic E-state index is 13.5. The van der Waals surface area contributed by atoms with Crippen LogP contribution in [-0.4, -0.2) is 44.1 Å². The van der Waals surface area contributed by atoms with Crippen LogP contribution in [0.3, 0.4) is 0 Å². The minimum Gasteiger partial charge on any atom is -0.480 e. The number of aliphatic carboxylic acids is 1. The van der Waals surface area contributed by atoms with Crippen LogP contribution in [0.4, 0.5) is 0 Å². The van der Waals surface area contributed by atoms with Crippen molar-refractivity contribution >= 4 is 53.1 Å². The molecule has 8 atom stereocenters. The molecule has 2 bridgehead atoms. The molecule has 2 N–H and O–H groups in total. The van der Waals surface area contributed by atoms with E-state index in [-0.39, 0.29) is 46.2 Å². The number of hydrogen-bond donors (Lipinski definition) is 2. The van der Waals surface area contributed by atoms with E-state index in [1.807, 2.05) is 0 Å². The number of thiazole rings is 1. The van der Waals surface area contributed by atoms with Crippen LogP contribution in [0.1, 0.15) is 56.0 Å². The van der Waals surface area contributed by atoms with Gasteiger partial charge in [-0.1, -0.05) is 45.0 Å². The predicted octanol–water partition coefficient (Wildman–Crippen LogP) is 5.05. The SMILES string of the molecule is CC(C(=O)O)N1C(=O)C2C3CC(C2C1=O)C1C(c2ccc(C(C)(C)C)cc2)c2sc(=S)[nH]c2SC31. The maximum Gasteiger partial charge on any atom is 0.326 e. The molecule has 2 aromatic rings. The van der Waals surface area contributed by atoms with Crippen molar-refractivity contribution in [1.82, 2.24) is 9.88 Å². The van der Waals surface area contributed by atoms with E-state index in [1.54, 1.807) is 23.1 Å². The topological polar surface area (TPSA) is 90.5 Å². The van der Waals surface area contributed by atoms with E-state index in [0.29, 0.717) is 0 Å². The summed E-state index contributed by atoms with van der Waals surface area (Å²) >= 11 is 8.91. The Balaban J connectivity index is 1.43. The summed E-state index contributed by atoms with van der Waals surface area (Å²) in [4.78, 5) is 44.1. The standard InChI is InChI=1S/C26H28N2O4S3/c1-10(24(31)32)28-22(29)17-13-9-14(18(17)23(28)30)19-16(13)15(20-21(34-19)27-25(33)35-20)11-5-7-12(8-6-11)26(2,3)4/h5-8,10,13-19H,9H2,1-4H3,(H,27,33)(H,31,32). The van der Waals surface area contributed by atoms with E-state index < -0.39 is 23.8 Å². The van der Waals surface area contributed by atoms with Gasteiger partial charge in [-0.3, -0.25) is 14.5 Å². The number of amides is 2. The Labute approximate surface area is 217 Å².